The second kappa shape index (κ2) is 60.6. The van der Waals surface area contributed by atoms with E-state index in [9.17, 15) is 14.4 Å². The van der Waals surface area contributed by atoms with Crippen molar-refractivity contribution < 1.29 is 28.6 Å². The number of carbonyl (C=O) groups excluding carboxylic acids is 3. The van der Waals surface area contributed by atoms with E-state index in [1.54, 1.807) is 0 Å². The molecule has 0 aromatic heterocycles. The maximum atomic E-state index is 12.8. The molecule has 0 amide bonds. The van der Waals surface area contributed by atoms with E-state index in [1.165, 1.54) is 116 Å². The van der Waals surface area contributed by atoms with Gasteiger partial charge in [0.25, 0.3) is 0 Å². The van der Waals surface area contributed by atoms with E-state index in [1.807, 2.05) is 0 Å². The highest BCUT2D eigenvalue weighted by atomic mass is 16.6. The van der Waals surface area contributed by atoms with E-state index < -0.39 is 6.10 Å². The Hall–Kier alpha value is -3.93. The van der Waals surface area contributed by atoms with Crippen LogP contribution in [0.3, 0.4) is 0 Å². The zero-order valence-electron chi connectivity index (χ0n) is 47.6. The number of allylic oxidation sites excluding steroid dienone is 18. The Morgan fingerprint density at radius 2 is 0.534 bits per heavy atom. The summed E-state index contributed by atoms with van der Waals surface area (Å²) in [5.74, 6) is -0.907. The van der Waals surface area contributed by atoms with Crippen LogP contribution in [0, 0.1) is 0 Å². The molecule has 416 valence electrons. The molecule has 0 rings (SSSR count). The molecular weight excluding hydrogens is 901 g/mol. The summed E-state index contributed by atoms with van der Waals surface area (Å²) in [6.07, 6.45) is 82.5. The molecule has 0 aliphatic rings. The van der Waals surface area contributed by atoms with Crippen LogP contribution in [0.5, 0.6) is 0 Å². The first kappa shape index (κ1) is 69.1. The molecule has 0 saturated carbocycles. The summed E-state index contributed by atoms with van der Waals surface area (Å²) in [5, 5.41) is 0. The van der Waals surface area contributed by atoms with Crippen molar-refractivity contribution in [2.75, 3.05) is 13.2 Å². The molecule has 1 unspecified atom stereocenters. The molecule has 0 aliphatic carbocycles. The Labute approximate surface area is 450 Å². The minimum Gasteiger partial charge on any atom is -0.462 e. The predicted octanol–water partition coefficient (Wildman–Crippen LogP) is 20.7. The fourth-order valence-corrected chi connectivity index (χ4v) is 8.15. The van der Waals surface area contributed by atoms with Crippen LogP contribution in [0.15, 0.2) is 109 Å². The van der Waals surface area contributed by atoms with Crippen molar-refractivity contribution in [2.24, 2.45) is 0 Å². The van der Waals surface area contributed by atoms with Crippen LogP contribution in [0.25, 0.3) is 0 Å². The average molecular weight is 1010 g/mol. The normalized spacial score (nSPS) is 12.9. The molecule has 73 heavy (non-hydrogen) atoms. The van der Waals surface area contributed by atoms with E-state index in [4.69, 9.17) is 14.2 Å². The molecule has 0 aliphatic heterocycles. The molecule has 0 spiro atoms. The largest absolute Gasteiger partial charge is 0.462 e. The number of hydrogen-bond donors (Lipinski definition) is 0. The zero-order valence-corrected chi connectivity index (χ0v) is 47.6. The van der Waals surface area contributed by atoms with E-state index in [-0.39, 0.29) is 31.1 Å². The van der Waals surface area contributed by atoms with Crippen LogP contribution in [0.2, 0.25) is 0 Å². The molecule has 0 heterocycles. The third-order valence-corrected chi connectivity index (χ3v) is 12.7. The molecule has 0 fully saturated rings. The summed E-state index contributed by atoms with van der Waals surface area (Å²) in [7, 11) is 0. The van der Waals surface area contributed by atoms with Gasteiger partial charge < -0.3 is 14.2 Å². The van der Waals surface area contributed by atoms with Crippen molar-refractivity contribution >= 4 is 17.9 Å². The van der Waals surface area contributed by atoms with E-state index in [0.29, 0.717) is 19.3 Å². The molecule has 0 aromatic carbocycles. The van der Waals surface area contributed by atoms with Crippen LogP contribution in [-0.4, -0.2) is 37.2 Å². The highest BCUT2D eigenvalue weighted by Gasteiger charge is 2.19. The Balaban J connectivity index is 4.13. The fourth-order valence-electron chi connectivity index (χ4n) is 8.15. The van der Waals surface area contributed by atoms with Crippen LogP contribution in [0.1, 0.15) is 278 Å². The molecule has 6 heteroatoms. The number of hydrogen-bond acceptors (Lipinski definition) is 6. The molecular formula is C67H112O6. The van der Waals surface area contributed by atoms with Gasteiger partial charge in [0.15, 0.2) is 6.10 Å². The third kappa shape index (κ3) is 58.8. The van der Waals surface area contributed by atoms with Crippen molar-refractivity contribution in [1.82, 2.24) is 0 Å². The number of carbonyl (C=O) groups is 3. The predicted molar refractivity (Wildman–Crippen MR) is 316 cm³/mol. The lowest BCUT2D eigenvalue weighted by atomic mass is 10.0. The molecule has 0 radical (unpaired) electrons. The number of ether oxygens (including phenoxy) is 3. The van der Waals surface area contributed by atoms with Crippen molar-refractivity contribution in [2.45, 2.75) is 284 Å². The highest BCUT2D eigenvalue weighted by Crippen LogP contribution is 2.15. The van der Waals surface area contributed by atoms with E-state index >= 15 is 0 Å². The minimum absolute atomic E-state index is 0.0850. The van der Waals surface area contributed by atoms with Crippen molar-refractivity contribution in [3.63, 3.8) is 0 Å². The monoisotopic (exact) mass is 1010 g/mol. The van der Waals surface area contributed by atoms with Gasteiger partial charge in [-0.3, -0.25) is 14.4 Å². The topological polar surface area (TPSA) is 78.9 Å². The van der Waals surface area contributed by atoms with E-state index in [2.05, 4.69) is 130 Å². The zero-order chi connectivity index (χ0) is 52.9. The first-order valence-corrected chi connectivity index (χ1v) is 30.4. The van der Waals surface area contributed by atoms with Gasteiger partial charge in [-0.2, -0.15) is 0 Å². The van der Waals surface area contributed by atoms with Crippen LogP contribution >= 0.6 is 0 Å². The van der Waals surface area contributed by atoms with Gasteiger partial charge in [0.2, 0.25) is 0 Å². The fraction of sp³-hybridized carbons (Fsp3) is 0.687. The maximum absolute atomic E-state index is 12.8. The highest BCUT2D eigenvalue weighted by molar-refractivity contribution is 5.71. The lowest BCUT2D eigenvalue weighted by Gasteiger charge is -2.18. The lowest BCUT2D eigenvalue weighted by molar-refractivity contribution is -0.167. The van der Waals surface area contributed by atoms with Crippen LogP contribution < -0.4 is 0 Å². The smallest absolute Gasteiger partial charge is 0.306 e. The Morgan fingerprint density at radius 1 is 0.288 bits per heavy atom. The molecule has 0 saturated heterocycles. The number of esters is 3. The Bertz CT molecular complexity index is 1490. The number of unbranched alkanes of at least 4 members (excludes halogenated alkanes) is 25. The van der Waals surface area contributed by atoms with Crippen molar-refractivity contribution in [3.05, 3.63) is 109 Å². The van der Waals surface area contributed by atoms with Gasteiger partial charge in [0.05, 0.1) is 0 Å². The summed E-state index contributed by atoms with van der Waals surface area (Å²) in [5.41, 5.74) is 0. The standard InChI is InChI=1S/C67H112O6/c1-4-7-10-13-16-19-22-23-24-25-26-27-28-29-30-31-32-33-34-35-36-37-38-39-40-41-42-43-46-48-51-54-57-60-66(69)72-63-64(73-67(70)61-58-55-52-49-45-21-18-15-12-9-6-3)62-71-65(68)59-56-53-50-47-44-20-17-14-11-8-5-2/h7,10,14-19,23-24,26-27,29-30,32-33,35-36,64H,4-6,8-9,11-13,20-22,25,28,31,34,37-63H2,1-3H3/b10-7-,17-14-,18-15-,19-16-,24-23-,27-26-,30-29-,33-32-,36-35-. The van der Waals surface area contributed by atoms with Gasteiger partial charge in [0.1, 0.15) is 13.2 Å². The average Bonchev–Trinajstić information content (AvgIpc) is 3.39. The summed E-state index contributed by atoms with van der Waals surface area (Å²) in [6, 6.07) is 0. The second-order valence-electron chi connectivity index (χ2n) is 19.9. The Morgan fingerprint density at radius 3 is 0.849 bits per heavy atom. The first-order chi connectivity index (χ1) is 36.0. The summed E-state index contributed by atoms with van der Waals surface area (Å²) in [4.78, 5) is 38.0. The van der Waals surface area contributed by atoms with Crippen LogP contribution in [-0.2, 0) is 28.6 Å². The molecule has 0 N–H and O–H groups in total. The third-order valence-electron chi connectivity index (χ3n) is 12.7. The summed E-state index contributed by atoms with van der Waals surface area (Å²) in [6.45, 7) is 6.43. The summed E-state index contributed by atoms with van der Waals surface area (Å²) >= 11 is 0. The van der Waals surface area contributed by atoms with Gasteiger partial charge in [0, 0.05) is 19.3 Å². The van der Waals surface area contributed by atoms with Crippen molar-refractivity contribution in [3.8, 4) is 0 Å². The van der Waals surface area contributed by atoms with Crippen LogP contribution in [0.4, 0.5) is 0 Å². The molecule has 1 atom stereocenters. The van der Waals surface area contributed by atoms with E-state index in [0.717, 1.165) is 122 Å². The van der Waals surface area contributed by atoms with Gasteiger partial charge in [-0.05, 0) is 116 Å². The molecule has 0 aromatic rings. The lowest BCUT2D eigenvalue weighted by Crippen LogP contribution is -2.30. The Kier molecular flexibility index (Phi) is 57.4. The minimum atomic E-state index is -0.785. The molecule has 0 bridgehead atoms. The van der Waals surface area contributed by atoms with Gasteiger partial charge in [-0.25, -0.2) is 0 Å². The first-order valence-electron chi connectivity index (χ1n) is 30.4. The molecule has 6 nitrogen and oxygen atoms in total. The van der Waals surface area contributed by atoms with Gasteiger partial charge in [-0.15, -0.1) is 0 Å². The second-order valence-corrected chi connectivity index (χ2v) is 19.9. The SMILES string of the molecule is CC/C=C\C/C=C\C/C=C\C/C=C\C/C=C\C/C=C\C/C=C\CCCCCCCCCCCCCC(=O)OCC(COC(=O)CCCCCCC/C=C\CCCC)OC(=O)CCCCCCC/C=C\CCCC. The van der Waals surface area contributed by atoms with Crippen molar-refractivity contribution in [1.29, 1.82) is 0 Å². The number of rotatable bonds is 54. The van der Waals surface area contributed by atoms with Gasteiger partial charge in [-0.1, -0.05) is 252 Å². The summed E-state index contributed by atoms with van der Waals surface area (Å²) < 4.78 is 16.8. The quantitative estimate of drug-likeness (QED) is 0.0261. The maximum Gasteiger partial charge on any atom is 0.306 e. The van der Waals surface area contributed by atoms with Gasteiger partial charge >= 0.3 is 17.9 Å².